The lowest BCUT2D eigenvalue weighted by molar-refractivity contribution is 0.203. The van der Waals surface area contributed by atoms with Crippen molar-refractivity contribution >= 4 is 75.4 Å². The topological polar surface area (TPSA) is 62.4 Å². The van der Waals surface area contributed by atoms with E-state index in [0.29, 0.717) is 0 Å². The number of fused-ring (bicyclic) bond motifs is 9. The van der Waals surface area contributed by atoms with Gasteiger partial charge >= 0.3 is 0 Å². The van der Waals surface area contributed by atoms with E-state index in [2.05, 4.69) is 155 Å². The van der Waals surface area contributed by atoms with Crippen LogP contribution in [0.3, 0.4) is 0 Å². The summed E-state index contributed by atoms with van der Waals surface area (Å²) in [6, 6.07) is 53.7. The maximum Gasteiger partial charge on any atom is 0.143 e. The summed E-state index contributed by atoms with van der Waals surface area (Å²) in [7, 11) is 0. The molecule has 0 bridgehead atoms. The molecule has 0 spiro atoms. The van der Waals surface area contributed by atoms with E-state index in [-0.39, 0.29) is 18.5 Å². The van der Waals surface area contributed by atoms with Crippen LogP contribution in [0.25, 0.3) is 75.2 Å². The SMILES string of the molecule is c1ccc(C2NC(c3ccc4sc5ccccc5c4c3)NC(c3cccc4c3oc3ccc(-c5cccc6c5oc5ccccc56)cc34)N2)cc1. The van der Waals surface area contributed by atoms with Gasteiger partial charge in [-0.25, -0.2) is 0 Å². The standard InChI is InChI=1S/C45H31N3O2S/c1-2-10-26(11-3-1)43-46-44(28-21-23-40-36(25-28)31-13-5-7-19-39(31)51-40)48-45(47-43)34-17-9-16-33-35-24-27(20-22-38(35)50-42(33)34)29-14-8-15-32-30-12-4-6-18-37(30)49-41(29)32/h1-25,43-48H. The second-order valence-electron chi connectivity index (χ2n) is 13.4. The molecule has 0 radical (unpaired) electrons. The Bertz CT molecular complexity index is 2940. The van der Waals surface area contributed by atoms with Gasteiger partial charge < -0.3 is 8.83 Å². The lowest BCUT2D eigenvalue weighted by Crippen LogP contribution is -2.54. The summed E-state index contributed by atoms with van der Waals surface area (Å²) in [5.41, 5.74) is 9.15. The van der Waals surface area contributed by atoms with E-state index in [4.69, 9.17) is 8.83 Å². The molecule has 0 saturated carbocycles. The first-order valence-electron chi connectivity index (χ1n) is 17.4. The molecule has 10 aromatic rings. The molecule has 0 amide bonds. The molecular weight excluding hydrogens is 647 g/mol. The van der Waals surface area contributed by atoms with Crippen molar-refractivity contribution in [2.45, 2.75) is 18.5 Å². The average Bonchev–Trinajstić information content (AvgIpc) is 3.89. The Morgan fingerprint density at radius 1 is 0.412 bits per heavy atom. The van der Waals surface area contributed by atoms with E-state index < -0.39 is 0 Å². The minimum Gasteiger partial charge on any atom is -0.456 e. The predicted octanol–water partition coefficient (Wildman–Crippen LogP) is 11.7. The van der Waals surface area contributed by atoms with Crippen LogP contribution < -0.4 is 16.0 Å². The number of benzene rings is 7. The quantitative estimate of drug-likeness (QED) is 0.173. The molecule has 0 aliphatic carbocycles. The molecule has 3 N–H and O–H groups in total. The maximum atomic E-state index is 6.72. The highest BCUT2D eigenvalue weighted by Crippen LogP contribution is 2.41. The van der Waals surface area contributed by atoms with E-state index in [1.165, 1.54) is 31.3 Å². The van der Waals surface area contributed by atoms with Crippen LogP contribution in [0.4, 0.5) is 0 Å². The highest BCUT2D eigenvalue weighted by molar-refractivity contribution is 7.25. The third-order valence-electron chi connectivity index (χ3n) is 10.4. The minimum atomic E-state index is -0.190. The van der Waals surface area contributed by atoms with Crippen LogP contribution in [-0.4, -0.2) is 0 Å². The molecule has 51 heavy (non-hydrogen) atoms. The van der Waals surface area contributed by atoms with E-state index in [1.807, 2.05) is 23.5 Å². The zero-order chi connectivity index (χ0) is 33.5. The minimum absolute atomic E-state index is 0.0899. The molecule has 1 saturated heterocycles. The largest absolute Gasteiger partial charge is 0.456 e. The summed E-state index contributed by atoms with van der Waals surface area (Å²) >= 11 is 1.85. The van der Waals surface area contributed by atoms with Crippen LogP contribution in [0.2, 0.25) is 0 Å². The second kappa shape index (κ2) is 11.4. The summed E-state index contributed by atoms with van der Waals surface area (Å²) in [6.45, 7) is 0. The number of rotatable bonds is 4. The van der Waals surface area contributed by atoms with Crippen LogP contribution in [0, 0.1) is 0 Å². The van der Waals surface area contributed by atoms with Gasteiger partial charge in [-0.05, 0) is 53.1 Å². The van der Waals surface area contributed by atoms with Crippen molar-refractivity contribution in [2.24, 2.45) is 0 Å². The van der Waals surface area contributed by atoms with Gasteiger partial charge in [-0.1, -0.05) is 115 Å². The number of para-hydroxylation sites is 3. The number of hydrogen-bond acceptors (Lipinski definition) is 6. The van der Waals surface area contributed by atoms with Crippen LogP contribution in [0.1, 0.15) is 35.2 Å². The first kappa shape index (κ1) is 29.0. The smallest absolute Gasteiger partial charge is 0.143 e. The molecule has 244 valence electrons. The Kier molecular flexibility index (Phi) is 6.48. The van der Waals surface area contributed by atoms with Gasteiger partial charge in [0.25, 0.3) is 0 Å². The van der Waals surface area contributed by atoms with Gasteiger partial charge in [-0.2, -0.15) is 0 Å². The number of nitrogens with one attached hydrogen (secondary N) is 3. The molecule has 7 aromatic carbocycles. The van der Waals surface area contributed by atoms with Gasteiger partial charge in [0.1, 0.15) is 22.3 Å². The molecule has 1 aliphatic rings. The third-order valence-corrected chi connectivity index (χ3v) is 11.6. The van der Waals surface area contributed by atoms with Crippen LogP contribution in [0.15, 0.2) is 160 Å². The van der Waals surface area contributed by atoms with Crippen molar-refractivity contribution in [3.05, 3.63) is 168 Å². The second-order valence-corrected chi connectivity index (χ2v) is 14.5. The molecule has 3 atom stereocenters. The highest BCUT2D eigenvalue weighted by atomic mass is 32.1. The maximum absolute atomic E-state index is 6.72. The van der Waals surface area contributed by atoms with Gasteiger partial charge in [0.05, 0.1) is 18.5 Å². The van der Waals surface area contributed by atoms with Gasteiger partial charge in [0, 0.05) is 52.8 Å². The van der Waals surface area contributed by atoms with Crippen molar-refractivity contribution in [3.63, 3.8) is 0 Å². The summed E-state index contributed by atoms with van der Waals surface area (Å²) in [4.78, 5) is 0. The van der Waals surface area contributed by atoms with Gasteiger partial charge in [-0.15, -0.1) is 11.3 Å². The molecule has 3 aromatic heterocycles. The number of furan rings is 2. The fraction of sp³-hybridized carbons (Fsp3) is 0.0667. The van der Waals surface area contributed by atoms with Gasteiger partial charge in [0.15, 0.2) is 0 Å². The Morgan fingerprint density at radius 3 is 1.98 bits per heavy atom. The lowest BCUT2D eigenvalue weighted by Gasteiger charge is -2.39. The fourth-order valence-electron chi connectivity index (χ4n) is 7.97. The normalized spacial score (nSPS) is 18.2. The molecule has 1 aliphatic heterocycles. The van der Waals surface area contributed by atoms with E-state index in [9.17, 15) is 0 Å². The lowest BCUT2D eigenvalue weighted by atomic mass is 9.99. The molecule has 11 rings (SSSR count). The molecular formula is C45H31N3O2S. The van der Waals surface area contributed by atoms with Crippen molar-refractivity contribution in [3.8, 4) is 11.1 Å². The molecule has 1 fully saturated rings. The Labute approximate surface area is 297 Å². The fourth-order valence-corrected chi connectivity index (χ4v) is 9.05. The Hall–Kier alpha value is -5.76. The van der Waals surface area contributed by atoms with Crippen molar-refractivity contribution in [2.75, 3.05) is 0 Å². The average molecular weight is 678 g/mol. The predicted molar refractivity (Wildman–Crippen MR) is 210 cm³/mol. The summed E-state index contributed by atoms with van der Waals surface area (Å²) in [5.74, 6) is 0. The Morgan fingerprint density at radius 2 is 1.08 bits per heavy atom. The Balaban J connectivity index is 1.02. The zero-order valence-electron chi connectivity index (χ0n) is 27.4. The van der Waals surface area contributed by atoms with Crippen molar-refractivity contribution < 1.29 is 8.83 Å². The van der Waals surface area contributed by atoms with Gasteiger partial charge in [0.2, 0.25) is 0 Å². The van der Waals surface area contributed by atoms with Gasteiger partial charge in [-0.3, -0.25) is 16.0 Å². The van der Waals surface area contributed by atoms with E-state index in [0.717, 1.165) is 60.6 Å². The van der Waals surface area contributed by atoms with Crippen LogP contribution in [0.5, 0.6) is 0 Å². The van der Waals surface area contributed by atoms with Crippen molar-refractivity contribution in [1.29, 1.82) is 0 Å². The molecule has 6 heteroatoms. The first-order chi connectivity index (χ1) is 25.2. The highest BCUT2D eigenvalue weighted by Gasteiger charge is 2.31. The summed E-state index contributed by atoms with van der Waals surface area (Å²) < 4.78 is 15.7. The zero-order valence-corrected chi connectivity index (χ0v) is 28.2. The molecule has 3 unspecified atom stereocenters. The summed E-state index contributed by atoms with van der Waals surface area (Å²) in [6.07, 6.45) is -0.391. The van der Waals surface area contributed by atoms with Crippen LogP contribution >= 0.6 is 11.3 Å². The van der Waals surface area contributed by atoms with E-state index in [1.54, 1.807) is 0 Å². The first-order valence-corrected chi connectivity index (χ1v) is 18.2. The number of thiophene rings is 1. The molecule has 4 heterocycles. The monoisotopic (exact) mass is 677 g/mol. The van der Waals surface area contributed by atoms with E-state index >= 15 is 0 Å². The molecule has 5 nitrogen and oxygen atoms in total. The van der Waals surface area contributed by atoms with Crippen LogP contribution in [-0.2, 0) is 0 Å². The van der Waals surface area contributed by atoms with Crippen molar-refractivity contribution in [1.82, 2.24) is 16.0 Å². The summed E-state index contributed by atoms with van der Waals surface area (Å²) in [5, 5.41) is 18.6. The third kappa shape index (κ3) is 4.65. The number of hydrogen-bond donors (Lipinski definition) is 3.